The highest BCUT2D eigenvalue weighted by molar-refractivity contribution is 7.99. The minimum Gasteiger partial charge on any atom is -0.480 e. The van der Waals surface area contributed by atoms with Gasteiger partial charge in [-0.15, -0.1) is 0 Å². The molecule has 0 aromatic carbocycles. The first-order valence-corrected chi connectivity index (χ1v) is 10.8. The molecular formula is C18H31N3O8S. The molecule has 11 nitrogen and oxygen atoms in total. The number of nitrogens with two attached hydrogens (primary N) is 1. The summed E-state index contributed by atoms with van der Waals surface area (Å²) in [5.41, 5.74) is 5.33. The van der Waals surface area contributed by atoms with Gasteiger partial charge in [0, 0.05) is 24.3 Å². The number of rotatable bonds is 17. The van der Waals surface area contributed by atoms with Crippen molar-refractivity contribution < 1.29 is 39.3 Å². The van der Waals surface area contributed by atoms with Crippen molar-refractivity contribution in [2.24, 2.45) is 5.73 Å². The Hall–Kier alpha value is -2.34. The maximum atomic E-state index is 12.0. The molecule has 0 aromatic heterocycles. The molecular weight excluding hydrogens is 418 g/mol. The molecule has 0 aromatic rings. The van der Waals surface area contributed by atoms with E-state index in [1.54, 1.807) is 0 Å². The molecule has 0 rings (SSSR count). The van der Waals surface area contributed by atoms with Gasteiger partial charge in [-0.25, -0.2) is 9.59 Å². The Labute approximate surface area is 179 Å². The first-order chi connectivity index (χ1) is 14.1. The van der Waals surface area contributed by atoms with Crippen LogP contribution in [-0.4, -0.2) is 74.7 Å². The van der Waals surface area contributed by atoms with E-state index in [0.717, 1.165) is 31.0 Å². The average Bonchev–Trinajstić information content (AvgIpc) is 2.66. The van der Waals surface area contributed by atoms with Crippen molar-refractivity contribution in [3.63, 3.8) is 0 Å². The summed E-state index contributed by atoms with van der Waals surface area (Å²) in [6.07, 6.45) is 3.23. The topological polar surface area (TPSA) is 196 Å². The Kier molecular flexibility index (Phi) is 14.3. The van der Waals surface area contributed by atoms with Crippen molar-refractivity contribution in [2.45, 2.75) is 70.0 Å². The zero-order valence-electron chi connectivity index (χ0n) is 17.0. The normalized spacial score (nSPS) is 13.7. The SMILES string of the molecule is CCCCCCC(=O)N[C@H](CCC(=O)N[C@H](CSC[C@H](N)C(=O)O)C(=O)O)C(=O)O. The average molecular weight is 450 g/mol. The number of carboxylic acid groups (broad SMARTS) is 3. The van der Waals surface area contributed by atoms with Crippen LogP contribution in [0.3, 0.4) is 0 Å². The number of aliphatic carboxylic acids is 3. The van der Waals surface area contributed by atoms with Gasteiger partial charge in [0.15, 0.2) is 0 Å². The lowest BCUT2D eigenvalue weighted by Crippen LogP contribution is -2.45. The molecule has 0 aliphatic rings. The minimum absolute atomic E-state index is 0.0274. The number of carboxylic acids is 3. The Morgan fingerprint density at radius 2 is 1.37 bits per heavy atom. The van der Waals surface area contributed by atoms with Crippen LogP contribution in [0.1, 0.15) is 51.9 Å². The second-order valence-corrected chi connectivity index (χ2v) is 7.82. The van der Waals surface area contributed by atoms with Crippen LogP contribution in [0.25, 0.3) is 0 Å². The molecule has 2 amide bonds. The Morgan fingerprint density at radius 1 is 0.800 bits per heavy atom. The third-order valence-corrected chi connectivity index (χ3v) is 5.25. The van der Waals surface area contributed by atoms with E-state index in [4.69, 9.17) is 10.8 Å². The molecule has 7 N–H and O–H groups in total. The summed E-state index contributed by atoms with van der Waals surface area (Å²) in [6, 6.07) is -3.68. The molecule has 0 aliphatic carbocycles. The largest absolute Gasteiger partial charge is 0.480 e. The van der Waals surface area contributed by atoms with E-state index >= 15 is 0 Å². The molecule has 0 unspecified atom stereocenters. The minimum atomic E-state index is -1.31. The third kappa shape index (κ3) is 13.0. The fourth-order valence-electron chi connectivity index (χ4n) is 2.34. The second kappa shape index (κ2) is 15.5. The molecule has 0 spiro atoms. The molecule has 30 heavy (non-hydrogen) atoms. The fraction of sp³-hybridized carbons (Fsp3) is 0.722. The number of unbranched alkanes of at least 4 members (excludes halogenated alkanes) is 3. The third-order valence-electron chi connectivity index (χ3n) is 4.08. The van der Waals surface area contributed by atoms with Gasteiger partial charge in [0.2, 0.25) is 11.8 Å². The lowest BCUT2D eigenvalue weighted by molar-refractivity contribution is -0.143. The Balaban J connectivity index is 4.47. The molecule has 0 bridgehead atoms. The van der Waals surface area contributed by atoms with Crippen LogP contribution < -0.4 is 16.4 Å². The van der Waals surface area contributed by atoms with Crippen molar-refractivity contribution in [1.82, 2.24) is 10.6 Å². The van der Waals surface area contributed by atoms with Crippen molar-refractivity contribution in [1.29, 1.82) is 0 Å². The predicted molar refractivity (Wildman–Crippen MR) is 110 cm³/mol. The lowest BCUT2D eigenvalue weighted by atomic mass is 10.1. The van der Waals surface area contributed by atoms with E-state index in [9.17, 15) is 34.2 Å². The Bertz CT molecular complexity index is 602. The maximum Gasteiger partial charge on any atom is 0.327 e. The van der Waals surface area contributed by atoms with Crippen LogP contribution in [0, 0.1) is 0 Å². The zero-order valence-corrected chi connectivity index (χ0v) is 17.8. The predicted octanol–water partition coefficient (Wildman–Crippen LogP) is 0.0209. The lowest BCUT2D eigenvalue weighted by Gasteiger charge is -2.17. The summed E-state index contributed by atoms with van der Waals surface area (Å²) < 4.78 is 0. The molecule has 12 heteroatoms. The molecule has 172 valence electrons. The smallest absolute Gasteiger partial charge is 0.327 e. The van der Waals surface area contributed by atoms with Crippen LogP contribution in [0.5, 0.6) is 0 Å². The quantitative estimate of drug-likeness (QED) is 0.165. The molecule has 0 saturated carbocycles. The fourth-order valence-corrected chi connectivity index (χ4v) is 3.33. The van der Waals surface area contributed by atoms with E-state index in [1.807, 2.05) is 6.92 Å². The Morgan fingerprint density at radius 3 is 1.90 bits per heavy atom. The number of hydrogen-bond donors (Lipinski definition) is 6. The number of carbonyl (C=O) groups is 5. The first-order valence-electron chi connectivity index (χ1n) is 9.68. The molecule has 3 atom stereocenters. The monoisotopic (exact) mass is 449 g/mol. The van der Waals surface area contributed by atoms with Gasteiger partial charge in [0.1, 0.15) is 18.1 Å². The highest BCUT2D eigenvalue weighted by atomic mass is 32.2. The van der Waals surface area contributed by atoms with Crippen LogP contribution in [0.2, 0.25) is 0 Å². The van der Waals surface area contributed by atoms with Gasteiger partial charge in [-0.3, -0.25) is 14.4 Å². The molecule has 0 aliphatic heterocycles. The van der Waals surface area contributed by atoms with Crippen LogP contribution >= 0.6 is 11.8 Å². The van der Waals surface area contributed by atoms with Gasteiger partial charge in [0.05, 0.1) is 0 Å². The summed E-state index contributed by atoms with van der Waals surface area (Å²) in [7, 11) is 0. The molecule has 0 radical (unpaired) electrons. The summed E-state index contributed by atoms with van der Waals surface area (Å²) in [6.45, 7) is 2.03. The van der Waals surface area contributed by atoms with Gasteiger partial charge >= 0.3 is 17.9 Å². The number of carbonyl (C=O) groups excluding carboxylic acids is 2. The molecule has 0 heterocycles. The van der Waals surface area contributed by atoms with E-state index in [1.165, 1.54) is 0 Å². The summed E-state index contributed by atoms with van der Waals surface area (Å²) in [5, 5.41) is 31.7. The highest BCUT2D eigenvalue weighted by Gasteiger charge is 2.24. The van der Waals surface area contributed by atoms with E-state index in [0.29, 0.717) is 6.42 Å². The number of nitrogens with one attached hydrogen (secondary N) is 2. The highest BCUT2D eigenvalue weighted by Crippen LogP contribution is 2.07. The van der Waals surface area contributed by atoms with E-state index < -0.39 is 47.8 Å². The van der Waals surface area contributed by atoms with E-state index in [2.05, 4.69) is 10.6 Å². The van der Waals surface area contributed by atoms with Crippen LogP contribution in [-0.2, 0) is 24.0 Å². The second-order valence-electron chi connectivity index (χ2n) is 6.75. The van der Waals surface area contributed by atoms with Gasteiger partial charge < -0.3 is 31.7 Å². The van der Waals surface area contributed by atoms with Crippen molar-refractivity contribution in [3.05, 3.63) is 0 Å². The number of amides is 2. The van der Waals surface area contributed by atoms with Crippen LogP contribution in [0.15, 0.2) is 0 Å². The summed E-state index contributed by atoms with van der Waals surface area (Å²) >= 11 is 0.964. The van der Waals surface area contributed by atoms with Gasteiger partial charge in [0.25, 0.3) is 0 Å². The standard InChI is InChI=1S/C18H31N3O8S/c1-2-3-4-5-6-14(22)20-12(17(26)27)7-8-15(23)21-13(18(28)29)10-30-9-11(19)16(24)25/h11-13H,2-10,19H2,1H3,(H,20,22)(H,21,23)(H,24,25)(H,26,27)(H,28,29)/t11-,12+,13+/m0/s1. The first kappa shape index (κ1) is 27.7. The van der Waals surface area contributed by atoms with Gasteiger partial charge in [-0.05, 0) is 12.8 Å². The molecule has 0 saturated heterocycles. The molecule has 0 fully saturated rings. The van der Waals surface area contributed by atoms with Gasteiger partial charge in [-0.1, -0.05) is 26.2 Å². The van der Waals surface area contributed by atoms with E-state index in [-0.39, 0.29) is 30.8 Å². The van der Waals surface area contributed by atoms with Crippen molar-refractivity contribution >= 4 is 41.5 Å². The van der Waals surface area contributed by atoms with Gasteiger partial charge in [-0.2, -0.15) is 11.8 Å². The number of thioether (sulfide) groups is 1. The van der Waals surface area contributed by atoms with Crippen molar-refractivity contribution in [2.75, 3.05) is 11.5 Å². The summed E-state index contributed by atoms with van der Waals surface area (Å²) in [4.78, 5) is 57.1. The number of hydrogen-bond acceptors (Lipinski definition) is 7. The summed E-state index contributed by atoms with van der Waals surface area (Å²) in [5.74, 6) is -5.03. The maximum absolute atomic E-state index is 12.0. The van der Waals surface area contributed by atoms with Crippen LogP contribution in [0.4, 0.5) is 0 Å². The van der Waals surface area contributed by atoms with Crippen molar-refractivity contribution in [3.8, 4) is 0 Å². The zero-order chi connectivity index (χ0) is 23.1.